The Balaban J connectivity index is 0.000000234. The van der Waals surface area contributed by atoms with Crippen molar-refractivity contribution in [1.29, 1.82) is 0 Å². The van der Waals surface area contributed by atoms with Crippen molar-refractivity contribution in [2.45, 2.75) is 102 Å². The minimum atomic E-state index is -0.217. The summed E-state index contributed by atoms with van der Waals surface area (Å²) in [5.74, 6) is 3.91. The van der Waals surface area contributed by atoms with Crippen LogP contribution in [0, 0.1) is 0 Å². The lowest BCUT2D eigenvalue weighted by atomic mass is 9.96. The van der Waals surface area contributed by atoms with E-state index < -0.39 is 0 Å². The lowest BCUT2D eigenvalue weighted by molar-refractivity contribution is -0.133. The van der Waals surface area contributed by atoms with Crippen molar-refractivity contribution in [3.8, 4) is 0 Å². The van der Waals surface area contributed by atoms with Crippen molar-refractivity contribution in [3.05, 3.63) is 105 Å². The summed E-state index contributed by atoms with van der Waals surface area (Å²) in [6.45, 7) is 20.0. The number of benzene rings is 2. The molecule has 8 rings (SSSR count). The average Bonchev–Trinajstić information content (AvgIpc) is 3.86. The maximum Gasteiger partial charge on any atom is 0.231 e. The van der Waals surface area contributed by atoms with Crippen LogP contribution in [0.15, 0.2) is 61.2 Å². The molecule has 0 unspecified atom stereocenters. The Labute approximate surface area is 400 Å². The van der Waals surface area contributed by atoms with Crippen LogP contribution in [0.1, 0.15) is 112 Å². The molecule has 64 heavy (non-hydrogen) atoms. The molecule has 0 saturated carbocycles. The molecule has 4 aliphatic rings. The van der Waals surface area contributed by atoms with E-state index in [0.29, 0.717) is 71.9 Å². The second-order valence-electron chi connectivity index (χ2n) is 17.0. The molecular formula is C48H68Cl2N10O2S2. The molecule has 0 aliphatic carbocycles. The number of anilines is 2. The predicted octanol–water partition coefficient (Wildman–Crippen LogP) is 9.01. The van der Waals surface area contributed by atoms with Gasteiger partial charge in [-0.2, -0.15) is 0 Å². The number of amides is 2. The molecule has 2 saturated heterocycles. The summed E-state index contributed by atoms with van der Waals surface area (Å²) >= 11 is 16.0. The van der Waals surface area contributed by atoms with Crippen LogP contribution in [-0.2, 0) is 21.1 Å². The lowest BCUT2D eigenvalue weighted by Crippen LogP contribution is -2.51. The van der Waals surface area contributed by atoms with Crippen LogP contribution in [-0.4, -0.2) is 119 Å². The number of rotatable bonds is 12. The highest BCUT2D eigenvalue weighted by Gasteiger charge is 2.34. The predicted molar refractivity (Wildman–Crippen MR) is 269 cm³/mol. The molecule has 4 aromatic rings. The first-order valence-corrected chi connectivity index (χ1v) is 24.7. The summed E-state index contributed by atoms with van der Waals surface area (Å²) < 4.78 is 0. The summed E-state index contributed by atoms with van der Waals surface area (Å²) in [4.78, 5) is 53.7. The molecule has 2 N–H and O–H groups in total. The van der Waals surface area contributed by atoms with E-state index in [-0.39, 0.29) is 38.5 Å². The zero-order chi connectivity index (χ0) is 43.9. The van der Waals surface area contributed by atoms with Crippen LogP contribution in [0.2, 0.25) is 10.0 Å². The average molecular weight is 952 g/mol. The van der Waals surface area contributed by atoms with Gasteiger partial charge < -0.3 is 30.2 Å². The van der Waals surface area contributed by atoms with E-state index in [1.807, 2.05) is 81.9 Å². The maximum atomic E-state index is 13.5. The van der Waals surface area contributed by atoms with E-state index in [1.54, 1.807) is 12.7 Å². The zero-order valence-corrected chi connectivity index (χ0v) is 39.8. The van der Waals surface area contributed by atoms with Crippen molar-refractivity contribution in [2.24, 2.45) is 0 Å². The molecule has 0 spiro atoms. The van der Waals surface area contributed by atoms with E-state index in [2.05, 4.69) is 81.9 Å². The molecule has 4 aliphatic heterocycles. The van der Waals surface area contributed by atoms with Crippen molar-refractivity contribution in [2.75, 3.05) is 75.2 Å². The van der Waals surface area contributed by atoms with E-state index in [0.717, 1.165) is 71.8 Å². The third-order valence-electron chi connectivity index (χ3n) is 12.0. The van der Waals surface area contributed by atoms with Crippen molar-refractivity contribution in [3.63, 3.8) is 0 Å². The fraction of sp³-hybridized carbons (Fsp3) is 0.542. The molecule has 348 valence electrons. The molecule has 2 aromatic heterocycles. The van der Waals surface area contributed by atoms with Crippen molar-refractivity contribution in [1.82, 2.24) is 40.4 Å². The summed E-state index contributed by atoms with van der Waals surface area (Å²) in [6.07, 6.45) is 3.36. The summed E-state index contributed by atoms with van der Waals surface area (Å²) in [6, 6.07) is 15.9. The highest BCUT2D eigenvalue weighted by molar-refractivity contribution is 7.99. The molecule has 0 radical (unpaired) electrons. The number of thioether (sulfide) groups is 2. The van der Waals surface area contributed by atoms with Gasteiger partial charge in [-0.3, -0.25) is 9.59 Å². The highest BCUT2D eigenvalue weighted by atomic mass is 35.5. The Kier molecular flexibility index (Phi) is 19.0. The van der Waals surface area contributed by atoms with E-state index in [9.17, 15) is 9.59 Å². The van der Waals surface area contributed by atoms with Crippen LogP contribution in [0.4, 0.5) is 11.6 Å². The number of aromatic nitrogens is 4. The molecule has 6 heterocycles. The largest absolute Gasteiger partial charge is 0.353 e. The van der Waals surface area contributed by atoms with Gasteiger partial charge in [-0.1, -0.05) is 90.0 Å². The second kappa shape index (κ2) is 23.7. The Morgan fingerprint density at radius 2 is 0.938 bits per heavy atom. The molecular weight excluding hydrogens is 884 g/mol. The van der Waals surface area contributed by atoms with Gasteiger partial charge in [0.05, 0.1) is 23.2 Å². The minimum absolute atomic E-state index is 0. The number of piperazine rings is 2. The van der Waals surface area contributed by atoms with Gasteiger partial charge in [0.1, 0.15) is 24.3 Å². The standard InChI is InChI=1S/2C23H30ClN5OS.2CH4/c2*1-15(2)25-12-19(17-4-6-18(24)7-5-17)23(30)29-10-8-28(9-11-29)22-21-16(3)31-13-20(21)26-14-27-22;;/h2*4-7,14-16,19,25H,8-13H2,1-3H3;2*1H4/t16-,19+;16-,19-;;/m00../s1. The van der Waals surface area contributed by atoms with E-state index in [4.69, 9.17) is 23.2 Å². The molecule has 0 bridgehead atoms. The minimum Gasteiger partial charge on any atom is -0.353 e. The smallest absolute Gasteiger partial charge is 0.231 e. The molecule has 12 nitrogen and oxygen atoms in total. The second-order valence-corrected chi connectivity index (χ2v) is 20.5. The summed E-state index contributed by atoms with van der Waals surface area (Å²) in [7, 11) is 0. The number of nitrogens with zero attached hydrogens (tertiary/aromatic N) is 8. The third kappa shape index (κ3) is 12.4. The van der Waals surface area contributed by atoms with Gasteiger partial charge in [-0.15, -0.1) is 23.5 Å². The van der Waals surface area contributed by atoms with Gasteiger partial charge in [0.15, 0.2) is 0 Å². The van der Waals surface area contributed by atoms with Crippen LogP contribution in [0.3, 0.4) is 0 Å². The van der Waals surface area contributed by atoms with Gasteiger partial charge in [0.2, 0.25) is 11.8 Å². The van der Waals surface area contributed by atoms with Crippen LogP contribution in [0.5, 0.6) is 0 Å². The number of fused-ring (bicyclic) bond motifs is 2. The number of nitrogens with one attached hydrogen (secondary N) is 2. The van der Waals surface area contributed by atoms with E-state index in [1.165, 1.54) is 11.1 Å². The SMILES string of the molecule is C.C.CC(C)NC[C@@H](C(=O)N1CCN(c2ncnc3c2[C@H](C)SC3)CC1)c1ccc(Cl)cc1.CC(C)NC[C@H](C(=O)N1CCN(c2ncnc3c2[C@H](C)SC3)CC1)c1ccc(Cl)cc1. The Morgan fingerprint density at radius 1 is 0.594 bits per heavy atom. The lowest BCUT2D eigenvalue weighted by Gasteiger charge is -2.38. The van der Waals surface area contributed by atoms with Gasteiger partial charge >= 0.3 is 0 Å². The first kappa shape index (κ1) is 51.3. The first-order valence-electron chi connectivity index (χ1n) is 21.8. The normalized spacial score (nSPS) is 19.0. The number of carbonyl (C=O) groups excluding carboxylic acids is 2. The van der Waals surface area contributed by atoms with Crippen molar-refractivity contribution < 1.29 is 9.59 Å². The van der Waals surface area contributed by atoms with E-state index >= 15 is 0 Å². The number of hydrogen-bond donors (Lipinski definition) is 2. The molecule has 4 atom stereocenters. The van der Waals surface area contributed by atoms with Crippen LogP contribution < -0.4 is 20.4 Å². The van der Waals surface area contributed by atoms with Gasteiger partial charge in [0.25, 0.3) is 0 Å². The molecule has 2 aromatic carbocycles. The summed E-state index contributed by atoms with van der Waals surface area (Å²) in [5, 5.41) is 9.08. The molecule has 2 amide bonds. The van der Waals surface area contributed by atoms with Gasteiger partial charge in [-0.05, 0) is 49.2 Å². The quantitative estimate of drug-likeness (QED) is 0.141. The fourth-order valence-electron chi connectivity index (χ4n) is 8.50. The Bertz CT molecular complexity index is 1980. The topological polar surface area (TPSA) is 123 Å². The van der Waals surface area contributed by atoms with Gasteiger partial charge in [0, 0.05) is 121 Å². The third-order valence-corrected chi connectivity index (χ3v) is 14.9. The molecule has 16 heteroatoms. The van der Waals surface area contributed by atoms with Gasteiger partial charge in [-0.25, -0.2) is 19.9 Å². The Hall–Kier alpha value is -3.66. The molecule has 2 fully saturated rings. The van der Waals surface area contributed by atoms with Crippen LogP contribution >= 0.6 is 46.7 Å². The zero-order valence-electron chi connectivity index (χ0n) is 36.7. The number of hydrogen-bond acceptors (Lipinski definition) is 12. The monoisotopic (exact) mass is 950 g/mol. The number of carbonyl (C=O) groups is 2. The Morgan fingerprint density at radius 3 is 1.27 bits per heavy atom. The van der Waals surface area contributed by atoms with Crippen LogP contribution in [0.25, 0.3) is 0 Å². The summed E-state index contributed by atoms with van der Waals surface area (Å²) in [5.41, 5.74) is 6.86. The first-order chi connectivity index (χ1) is 29.9. The van der Waals surface area contributed by atoms with Crippen molar-refractivity contribution >= 4 is 70.2 Å². The fourth-order valence-corrected chi connectivity index (χ4v) is 10.8. The maximum absolute atomic E-state index is 13.5. The number of halogens is 2. The highest BCUT2D eigenvalue weighted by Crippen LogP contribution is 2.45.